The molecule has 0 aliphatic rings. The molecule has 0 spiro atoms. The first-order valence-corrected chi connectivity index (χ1v) is 8.28. The summed E-state index contributed by atoms with van der Waals surface area (Å²) in [7, 11) is 0. The Balaban J connectivity index is 3.72. The fourth-order valence-electron chi connectivity index (χ4n) is 1.62. The number of hydrogen-bond donors (Lipinski definition) is 0. The van der Waals surface area contributed by atoms with E-state index in [-0.39, 0.29) is 30.3 Å². The summed E-state index contributed by atoms with van der Waals surface area (Å²) >= 11 is 0. The van der Waals surface area contributed by atoms with Gasteiger partial charge in [-0.05, 0) is 34.6 Å². The predicted octanol–water partition coefficient (Wildman–Crippen LogP) is 2.10. The van der Waals surface area contributed by atoms with E-state index in [1.807, 2.05) is 27.7 Å². The summed E-state index contributed by atoms with van der Waals surface area (Å²) in [5.41, 5.74) is 0. The Hall–Kier alpha value is -1.29. The quantitative estimate of drug-likeness (QED) is 0.355. The molecule has 0 bridgehead atoms. The van der Waals surface area contributed by atoms with Crippen molar-refractivity contribution in [3.05, 3.63) is 0 Å². The molecule has 24 heavy (non-hydrogen) atoms. The van der Waals surface area contributed by atoms with Crippen LogP contribution in [0.1, 0.15) is 34.6 Å². The molecule has 5 atom stereocenters. The van der Waals surface area contributed by atoms with E-state index in [0.717, 1.165) is 0 Å². The molecule has 5 unspecified atom stereocenters. The maximum absolute atomic E-state index is 10.1. The second-order valence-electron chi connectivity index (χ2n) is 6.07. The van der Waals surface area contributed by atoms with Gasteiger partial charge >= 0.3 is 0 Å². The molecular formula is C17H30N2O5. The average molecular weight is 342 g/mol. The highest BCUT2D eigenvalue weighted by Gasteiger charge is 2.11. The molecule has 0 heterocycles. The fraction of sp³-hybridized carbons (Fsp3) is 0.882. The molecule has 7 nitrogen and oxygen atoms in total. The van der Waals surface area contributed by atoms with E-state index in [4.69, 9.17) is 24.2 Å². The van der Waals surface area contributed by atoms with Crippen LogP contribution in [0.2, 0.25) is 0 Å². The van der Waals surface area contributed by atoms with E-state index in [1.165, 1.54) is 6.08 Å². The number of isocyanates is 1. The van der Waals surface area contributed by atoms with Crippen LogP contribution < -0.4 is 0 Å². The zero-order valence-electron chi connectivity index (χ0n) is 15.4. The van der Waals surface area contributed by atoms with Gasteiger partial charge in [0.15, 0.2) is 0 Å². The number of carbonyl (C=O) groups excluding carboxylic acids is 1. The number of aliphatic imine (C=N–C) groups is 1. The summed E-state index contributed by atoms with van der Waals surface area (Å²) in [5.74, 6) is -0.110. The Kier molecular flexibility index (Phi) is 13.3. The Morgan fingerprint density at radius 3 is 1.83 bits per heavy atom. The van der Waals surface area contributed by atoms with E-state index in [0.29, 0.717) is 33.0 Å². The molecule has 0 radical (unpaired) electrons. The highest BCUT2D eigenvalue weighted by molar-refractivity contribution is 5.33. The lowest BCUT2D eigenvalue weighted by molar-refractivity contribution is -0.0812. The van der Waals surface area contributed by atoms with E-state index >= 15 is 0 Å². The SMILES string of the molecule is CC(C#N)COCC(C)OCC(C)OCC(C)OCC(C)N=C=O. The molecule has 0 saturated heterocycles. The minimum atomic E-state index is -0.199. The summed E-state index contributed by atoms with van der Waals surface area (Å²) < 4.78 is 22.3. The highest BCUT2D eigenvalue weighted by atomic mass is 16.6. The fourth-order valence-corrected chi connectivity index (χ4v) is 1.62. The Labute approximate surface area is 144 Å². The van der Waals surface area contributed by atoms with E-state index in [2.05, 4.69) is 11.1 Å². The van der Waals surface area contributed by atoms with Gasteiger partial charge in [0.25, 0.3) is 0 Å². The smallest absolute Gasteiger partial charge is 0.235 e. The van der Waals surface area contributed by atoms with Gasteiger partial charge in [-0.25, -0.2) is 9.79 Å². The summed E-state index contributed by atoms with van der Waals surface area (Å²) in [6, 6.07) is 1.92. The zero-order valence-corrected chi connectivity index (χ0v) is 15.4. The molecule has 0 amide bonds. The normalized spacial score (nSPS) is 17.2. The minimum Gasteiger partial charge on any atom is -0.377 e. The molecule has 138 valence electrons. The van der Waals surface area contributed by atoms with Gasteiger partial charge in [0.1, 0.15) is 0 Å². The minimum absolute atomic E-state index is 0.0577. The van der Waals surface area contributed by atoms with E-state index < -0.39 is 0 Å². The van der Waals surface area contributed by atoms with Gasteiger partial charge in [-0.2, -0.15) is 5.26 Å². The average Bonchev–Trinajstić information content (AvgIpc) is 2.56. The van der Waals surface area contributed by atoms with E-state index in [1.54, 1.807) is 6.92 Å². The summed E-state index contributed by atoms with van der Waals surface area (Å²) in [6.45, 7) is 11.5. The van der Waals surface area contributed by atoms with Crippen LogP contribution in [0.3, 0.4) is 0 Å². The summed E-state index contributed by atoms with van der Waals surface area (Å²) in [6.07, 6.45) is 1.30. The molecule has 0 N–H and O–H groups in total. The first kappa shape index (κ1) is 22.7. The molecular weight excluding hydrogens is 312 g/mol. The summed E-state index contributed by atoms with van der Waals surface area (Å²) in [5, 5.41) is 8.67. The van der Waals surface area contributed by atoms with Gasteiger partial charge in [-0.1, -0.05) is 0 Å². The molecule has 0 aromatic heterocycles. The molecule has 0 rings (SSSR count). The largest absolute Gasteiger partial charge is 0.377 e. The number of hydrogen-bond acceptors (Lipinski definition) is 7. The molecule has 0 aromatic carbocycles. The van der Waals surface area contributed by atoms with E-state index in [9.17, 15) is 4.79 Å². The van der Waals surface area contributed by atoms with Crippen LogP contribution in [0.5, 0.6) is 0 Å². The molecule has 0 fully saturated rings. The van der Waals surface area contributed by atoms with Crippen molar-refractivity contribution in [3.63, 3.8) is 0 Å². The first-order valence-electron chi connectivity index (χ1n) is 8.28. The van der Waals surface area contributed by atoms with Crippen molar-refractivity contribution in [1.29, 1.82) is 5.26 Å². The van der Waals surface area contributed by atoms with Crippen molar-refractivity contribution in [2.24, 2.45) is 10.9 Å². The van der Waals surface area contributed by atoms with Gasteiger partial charge in [0, 0.05) is 0 Å². The summed E-state index contributed by atoms with van der Waals surface area (Å²) in [4.78, 5) is 13.7. The van der Waals surface area contributed by atoms with Crippen LogP contribution in [0.15, 0.2) is 4.99 Å². The van der Waals surface area contributed by atoms with Crippen LogP contribution in [0, 0.1) is 17.2 Å². The number of nitriles is 1. The monoisotopic (exact) mass is 342 g/mol. The van der Waals surface area contributed by atoms with Crippen LogP contribution in [0.25, 0.3) is 0 Å². The molecule has 0 aromatic rings. The second-order valence-corrected chi connectivity index (χ2v) is 6.07. The Morgan fingerprint density at radius 1 is 0.833 bits per heavy atom. The van der Waals surface area contributed by atoms with Crippen molar-refractivity contribution < 1.29 is 23.7 Å². The molecule has 7 heteroatoms. The highest BCUT2D eigenvalue weighted by Crippen LogP contribution is 2.02. The standard InChI is InChI=1S/C17H30N2O5/c1-13(6-18)7-21-9-15(3)23-11-17(5)24-10-16(4)22-8-14(2)19-12-20/h13-17H,7-11H2,1-5H3. The van der Waals surface area contributed by atoms with Crippen molar-refractivity contribution in [2.75, 3.05) is 33.0 Å². The van der Waals surface area contributed by atoms with Crippen molar-refractivity contribution in [3.8, 4) is 6.07 Å². The van der Waals surface area contributed by atoms with Crippen molar-refractivity contribution in [2.45, 2.75) is 59.0 Å². The number of rotatable bonds is 14. The molecule has 0 saturated carbocycles. The van der Waals surface area contributed by atoms with Gasteiger partial charge < -0.3 is 18.9 Å². The number of nitrogens with zero attached hydrogens (tertiary/aromatic N) is 2. The molecule has 0 aliphatic carbocycles. The third kappa shape index (κ3) is 13.2. The lowest BCUT2D eigenvalue weighted by atomic mass is 10.2. The first-order chi connectivity index (χ1) is 11.4. The van der Waals surface area contributed by atoms with Crippen molar-refractivity contribution in [1.82, 2.24) is 0 Å². The van der Waals surface area contributed by atoms with Gasteiger partial charge in [0.2, 0.25) is 6.08 Å². The van der Waals surface area contributed by atoms with Crippen LogP contribution in [0.4, 0.5) is 0 Å². The maximum Gasteiger partial charge on any atom is 0.235 e. The van der Waals surface area contributed by atoms with Gasteiger partial charge in [-0.3, -0.25) is 0 Å². The third-order valence-electron chi connectivity index (χ3n) is 3.07. The zero-order chi connectivity index (χ0) is 18.4. The third-order valence-corrected chi connectivity index (χ3v) is 3.07. The van der Waals surface area contributed by atoms with Gasteiger partial charge in [0.05, 0.1) is 69.4 Å². The Bertz CT molecular complexity index is 406. The lowest BCUT2D eigenvalue weighted by Crippen LogP contribution is -2.27. The van der Waals surface area contributed by atoms with Crippen LogP contribution in [-0.4, -0.2) is 63.5 Å². The Morgan fingerprint density at radius 2 is 1.33 bits per heavy atom. The van der Waals surface area contributed by atoms with Crippen molar-refractivity contribution >= 4 is 6.08 Å². The predicted molar refractivity (Wildman–Crippen MR) is 89.4 cm³/mol. The van der Waals surface area contributed by atoms with Crippen LogP contribution in [-0.2, 0) is 23.7 Å². The second kappa shape index (κ2) is 14.1. The topological polar surface area (TPSA) is 90.1 Å². The number of ether oxygens (including phenoxy) is 4. The van der Waals surface area contributed by atoms with Gasteiger partial charge in [-0.15, -0.1) is 0 Å². The molecule has 0 aliphatic heterocycles. The maximum atomic E-state index is 10.1. The lowest BCUT2D eigenvalue weighted by Gasteiger charge is -2.20. The van der Waals surface area contributed by atoms with Crippen LogP contribution >= 0.6 is 0 Å².